The van der Waals surface area contributed by atoms with Gasteiger partial charge in [0.25, 0.3) is 0 Å². The number of amides is 1. The van der Waals surface area contributed by atoms with Gasteiger partial charge in [-0.15, -0.1) is 0 Å². The molecule has 2 N–H and O–H groups in total. The van der Waals surface area contributed by atoms with E-state index in [1.165, 1.54) is 6.92 Å². The summed E-state index contributed by atoms with van der Waals surface area (Å²) in [6.45, 7) is 3.02. The lowest BCUT2D eigenvalue weighted by atomic mass is 10.1. The molecule has 1 aliphatic rings. The fourth-order valence-electron chi connectivity index (χ4n) is 1.06. The zero-order valence-corrected chi connectivity index (χ0v) is 6.55. The van der Waals surface area contributed by atoms with Crippen LogP contribution in [0.25, 0.3) is 0 Å². The highest BCUT2D eigenvalue weighted by Gasteiger charge is 2.57. The summed E-state index contributed by atoms with van der Waals surface area (Å²) in [5.74, 6) is -1.00. The van der Waals surface area contributed by atoms with Crippen molar-refractivity contribution in [2.75, 3.05) is 0 Å². The van der Waals surface area contributed by atoms with Crippen molar-refractivity contribution < 1.29 is 14.7 Å². The van der Waals surface area contributed by atoms with Crippen LogP contribution in [0, 0.1) is 5.41 Å². The number of carbonyl (C=O) groups is 2. The molecule has 0 radical (unpaired) electrons. The molecule has 1 aliphatic carbocycles. The summed E-state index contributed by atoms with van der Waals surface area (Å²) in [4.78, 5) is 21.0. The third-order valence-electron chi connectivity index (χ3n) is 2.10. The Morgan fingerprint density at radius 1 is 1.64 bits per heavy atom. The van der Waals surface area contributed by atoms with E-state index >= 15 is 0 Å². The van der Waals surface area contributed by atoms with Crippen LogP contribution in [0.3, 0.4) is 0 Å². The second-order valence-electron chi connectivity index (χ2n) is 3.18. The maximum Gasteiger partial charge on any atom is 0.311 e. The summed E-state index contributed by atoms with van der Waals surface area (Å²) in [6.07, 6.45) is 0.544. The molecule has 0 spiro atoms. The maximum atomic E-state index is 10.5. The first-order chi connectivity index (χ1) is 4.97. The van der Waals surface area contributed by atoms with Gasteiger partial charge in [0.05, 0.1) is 5.41 Å². The first-order valence-corrected chi connectivity index (χ1v) is 3.47. The van der Waals surface area contributed by atoms with Gasteiger partial charge in [0.15, 0.2) is 0 Å². The van der Waals surface area contributed by atoms with Crippen molar-refractivity contribution in [2.24, 2.45) is 5.41 Å². The van der Waals surface area contributed by atoms with Gasteiger partial charge in [0.2, 0.25) is 5.91 Å². The maximum absolute atomic E-state index is 10.5. The van der Waals surface area contributed by atoms with Crippen molar-refractivity contribution in [3.63, 3.8) is 0 Å². The van der Waals surface area contributed by atoms with Crippen LogP contribution in [0.4, 0.5) is 0 Å². The van der Waals surface area contributed by atoms with Crippen molar-refractivity contribution in [3.05, 3.63) is 0 Å². The molecule has 1 rings (SSSR count). The first kappa shape index (κ1) is 8.04. The predicted molar refractivity (Wildman–Crippen MR) is 38.0 cm³/mol. The largest absolute Gasteiger partial charge is 0.481 e. The average molecular weight is 157 g/mol. The molecule has 4 nitrogen and oxygen atoms in total. The minimum absolute atomic E-state index is 0.167. The number of hydrogen-bond donors (Lipinski definition) is 2. The summed E-state index contributed by atoms with van der Waals surface area (Å²) in [6, 6.07) is -0.169. The molecule has 2 unspecified atom stereocenters. The normalized spacial score (nSPS) is 34.5. The Bertz CT molecular complexity index is 214. The third kappa shape index (κ3) is 1.34. The number of rotatable bonds is 2. The predicted octanol–water partition coefficient (Wildman–Crippen LogP) is -0.0143. The number of nitrogens with one attached hydrogen (secondary N) is 1. The number of carboxylic acid groups (broad SMARTS) is 1. The molecule has 11 heavy (non-hydrogen) atoms. The standard InChI is InChI=1S/C7H11NO3/c1-4(9)8-5-3-7(5,2)6(10)11/h5H,3H2,1-2H3,(H,8,9)(H,10,11). The molecule has 0 aromatic heterocycles. The van der Waals surface area contributed by atoms with E-state index in [4.69, 9.17) is 5.11 Å². The van der Waals surface area contributed by atoms with Crippen LogP contribution in [-0.2, 0) is 9.59 Å². The molecule has 1 saturated carbocycles. The van der Waals surface area contributed by atoms with Gasteiger partial charge >= 0.3 is 5.97 Å². The van der Waals surface area contributed by atoms with Crippen LogP contribution in [0.5, 0.6) is 0 Å². The lowest BCUT2D eigenvalue weighted by molar-refractivity contribution is -0.142. The van der Waals surface area contributed by atoms with Gasteiger partial charge in [-0.1, -0.05) is 0 Å². The smallest absolute Gasteiger partial charge is 0.311 e. The summed E-state index contributed by atoms with van der Waals surface area (Å²) < 4.78 is 0. The second kappa shape index (κ2) is 2.22. The van der Waals surface area contributed by atoms with Crippen LogP contribution >= 0.6 is 0 Å². The molecule has 1 fully saturated rings. The van der Waals surface area contributed by atoms with Gasteiger partial charge < -0.3 is 10.4 Å². The highest BCUT2D eigenvalue weighted by atomic mass is 16.4. The Morgan fingerprint density at radius 3 is 2.45 bits per heavy atom. The molecule has 0 aliphatic heterocycles. The third-order valence-corrected chi connectivity index (χ3v) is 2.10. The molecular weight excluding hydrogens is 146 g/mol. The summed E-state index contributed by atoms with van der Waals surface area (Å²) in [5.41, 5.74) is -0.717. The van der Waals surface area contributed by atoms with E-state index in [9.17, 15) is 9.59 Å². The highest BCUT2D eigenvalue weighted by molar-refractivity contribution is 5.82. The molecule has 62 valence electrons. The molecular formula is C7H11NO3. The SMILES string of the molecule is CC(=O)NC1CC1(C)C(=O)O. The molecule has 0 aromatic rings. The van der Waals surface area contributed by atoms with Crippen LogP contribution in [0.1, 0.15) is 20.3 Å². The van der Waals surface area contributed by atoms with E-state index in [1.54, 1.807) is 6.92 Å². The zero-order chi connectivity index (χ0) is 8.65. The van der Waals surface area contributed by atoms with Gasteiger partial charge in [0, 0.05) is 13.0 Å². The van der Waals surface area contributed by atoms with Gasteiger partial charge in [-0.2, -0.15) is 0 Å². The summed E-state index contributed by atoms with van der Waals surface area (Å²) in [5, 5.41) is 11.2. The lowest BCUT2D eigenvalue weighted by Crippen LogP contribution is -2.29. The molecule has 0 heterocycles. The van der Waals surface area contributed by atoms with E-state index in [0.29, 0.717) is 6.42 Å². The van der Waals surface area contributed by atoms with E-state index in [2.05, 4.69) is 5.32 Å². The number of aliphatic carboxylic acids is 1. The fourth-order valence-corrected chi connectivity index (χ4v) is 1.06. The Labute approximate surface area is 64.6 Å². The Hall–Kier alpha value is -1.06. The van der Waals surface area contributed by atoms with E-state index in [0.717, 1.165) is 0 Å². The Kier molecular flexibility index (Phi) is 1.62. The van der Waals surface area contributed by atoms with E-state index < -0.39 is 11.4 Å². The quantitative estimate of drug-likeness (QED) is 0.592. The monoisotopic (exact) mass is 157 g/mol. The Balaban J connectivity index is 2.47. The van der Waals surface area contributed by atoms with E-state index in [-0.39, 0.29) is 11.9 Å². The number of carbonyl (C=O) groups excluding carboxylic acids is 1. The van der Waals surface area contributed by atoms with Gasteiger partial charge in [-0.3, -0.25) is 9.59 Å². The molecule has 0 bridgehead atoms. The van der Waals surface area contributed by atoms with Crippen molar-refractivity contribution in [1.82, 2.24) is 5.32 Å². The zero-order valence-electron chi connectivity index (χ0n) is 6.55. The minimum atomic E-state index is -0.837. The topological polar surface area (TPSA) is 66.4 Å². The molecule has 0 aromatic carbocycles. The first-order valence-electron chi connectivity index (χ1n) is 3.47. The minimum Gasteiger partial charge on any atom is -0.481 e. The molecule has 2 atom stereocenters. The van der Waals surface area contributed by atoms with Gasteiger partial charge in [-0.25, -0.2) is 0 Å². The van der Waals surface area contributed by atoms with Crippen LogP contribution < -0.4 is 5.32 Å². The van der Waals surface area contributed by atoms with Crippen molar-refractivity contribution in [1.29, 1.82) is 0 Å². The van der Waals surface area contributed by atoms with Crippen LogP contribution in [-0.4, -0.2) is 23.0 Å². The molecule has 1 amide bonds. The summed E-state index contributed by atoms with van der Waals surface area (Å²) >= 11 is 0. The highest BCUT2D eigenvalue weighted by Crippen LogP contribution is 2.45. The number of hydrogen-bond acceptors (Lipinski definition) is 2. The van der Waals surface area contributed by atoms with Crippen molar-refractivity contribution in [2.45, 2.75) is 26.3 Å². The van der Waals surface area contributed by atoms with Crippen molar-refractivity contribution >= 4 is 11.9 Å². The average Bonchev–Trinajstić information content (AvgIpc) is 2.42. The van der Waals surface area contributed by atoms with E-state index in [1.807, 2.05) is 0 Å². The fraction of sp³-hybridized carbons (Fsp3) is 0.714. The van der Waals surface area contributed by atoms with Crippen LogP contribution in [0.15, 0.2) is 0 Å². The van der Waals surface area contributed by atoms with Crippen molar-refractivity contribution in [3.8, 4) is 0 Å². The molecule has 4 heteroatoms. The van der Waals surface area contributed by atoms with Gasteiger partial charge in [0.1, 0.15) is 0 Å². The second-order valence-corrected chi connectivity index (χ2v) is 3.18. The Morgan fingerprint density at radius 2 is 2.18 bits per heavy atom. The molecule has 0 saturated heterocycles. The number of carboxylic acids is 1. The lowest BCUT2D eigenvalue weighted by Gasteiger charge is -2.04. The van der Waals surface area contributed by atoms with Gasteiger partial charge in [-0.05, 0) is 13.3 Å². The van der Waals surface area contributed by atoms with Crippen LogP contribution in [0.2, 0.25) is 0 Å². The summed E-state index contributed by atoms with van der Waals surface area (Å²) in [7, 11) is 0.